The number of ether oxygens (including phenoxy) is 1. The Morgan fingerprint density at radius 3 is 2.52 bits per heavy atom. The fourth-order valence-electron chi connectivity index (χ4n) is 4.99. The van der Waals surface area contributed by atoms with E-state index in [2.05, 4.69) is 60.1 Å². The molecular weight excluding hydrogens is 410 g/mol. The summed E-state index contributed by atoms with van der Waals surface area (Å²) in [4.78, 5) is 18.2. The van der Waals surface area contributed by atoms with Gasteiger partial charge in [0.1, 0.15) is 0 Å². The molecule has 1 aliphatic heterocycles. The summed E-state index contributed by atoms with van der Waals surface area (Å²) in [7, 11) is 3.72. The summed E-state index contributed by atoms with van der Waals surface area (Å²) < 4.78 is 5.43. The molecule has 7 nitrogen and oxygen atoms in total. The highest BCUT2D eigenvalue weighted by atomic mass is 32.1. The first-order valence-corrected chi connectivity index (χ1v) is 11.4. The molecule has 0 bridgehead atoms. The third kappa shape index (κ3) is 4.37. The number of nitrogens with one attached hydrogen (secondary N) is 2. The van der Waals surface area contributed by atoms with Gasteiger partial charge in [-0.15, -0.1) is 10.2 Å². The van der Waals surface area contributed by atoms with E-state index in [1.165, 1.54) is 11.3 Å². The van der Waals surface area contributed by atoms with E-state index in [0.717, 1.165) is 34.4 Å². The minimum atomic E-state index is -0.166. The monoisotopic (exact) mass is 441 g/mol. The van der Waals surface area contributed by atoms with Gasteiger partial charge in [-0.3, -0.25) is 4.79 Å². The Morgan fingerprint density at radius 1 is 1.16 bits per heavy atom. The number of fused-ring (bicyclic) bond motifs is 1. The summed E-state index contributed by atoms with van der Waals surface area (Å²) in [6.45, 7) is 9.30. The highest BCUT2D eigenvalue weighted by molar-refractivity contribution is 7.18. The van der Waals surface area contributed by atoms with Gasteiger partial charge in [0.2, 0.25) is 5.13 Å². The highest BCUT2D eigenvalue weighted by Gasteiger charge is 2.39. The third-order valence-corrected chi connectivity index (χ3v) is 7.00. The lowest BCUT2D eigenvalue weighted by Crippen LogP contribution is -2.61. The Hall–Kier alpha value is -2.29. The maximum absolute atomic E-state index is 13.0. The Labute approximate surface area is 186 Å². The van der Waals surface area contributed by atoms with Crippen LogP contribution >= 0.6 is 11.3 Å². The number of H-pyrrole nitrogens is 1. The molecule has 0 amide bonds. The van der Waals surface area contributed by atoms with Crippen molar-refractivity contribution >= 4 is 27.4 Å². The Kier molecular flexibility index (Phi) is 5.66. The van der Waals surface area contributed by atoms with Crippen LogP contribution in [-0.4, -0.2) is 46.5 Å². The van der Waals surface area contributed by atoms with Gasteiger partial charge in [0.15, 0.2) is 5.01 Å². The van der Waals surface area contributed by atoms with E-state index in [-0.39, 0.29) is 16.6 Å². The normalized spacial score (nSPS) is 18.4. The van der Waals surface area contributed by atoms with Crippen molar-refractivity contribution in [3.05, 3.63) is 40.2 Å². The summed E-state index contributed by atoms with van der Waals surface area (Å²) in [6, 6.07) is 8.11. The molecule has 3 heterocycles. The Bertz CT molecular complexity index is 1130. The number of pyridine rings is 1. The second-order valence-electron chi connectivity index (χ2n) is 9.74. The van der Waals surface area contributed by atoms with Gasteiger partial charge in [0, 0.05) is 47.7 Å². The van der Waals surface area contributed by atoms with Gasteiger partial charge < -0.3 is 19.9 Å². The molecule has 1 fully saturated rings. The maximum atomic E-state index is 13.0. The smallest absolute Gasteiger partial charge is 0.259 e. The molecule has 166 valence electrons. The Morgan fingerprint density at radius 2 is 1.84 bits per heavy atom. The number of nitrogens with zero attached hydrogens (tertiary/aromatic N) is 3. The lowest BCUT2D eigenvalue weighted by atomic mass is 9.79. The molecule has 0 saturated carbocycles. The van der Waals surface area contributed by atoms with Crippen molar-refractivity contribution in [3.8, 4) is 10.6 Å². The van der Waals surface area contributed by atoms with Gasteiger partial charge in [-0.05, 0) is 46.6 Å². The number of para-hydroxylation sites is 1. The highest BCUT2D eigenvalue weighted by Crippen LogP contribution is 2.36. The SMILES string of the molecule is COCc1c(-c2nnc(N(C)C3CC(C)(C)NC(C)(C)C3)s2)c(=O)[nH]c2ccccc12. The molecule has 0 aliphatic carbocycles. The predicted octanol–water partition coefficient (Wildman–Crippen LogP) is 3.94. The second kappa shape index (κ2) is 8.00. The lowest BCUT2D eigenvalue weighted by molar-refractivity contribution is 0.161. The van der Waals surface area contributed by atoms with Crippen molar-refractivity contribution in [2.75, 3.05) is 19.1 Å². The van der Waals surface area contributed by atoms with Crippen molar-refractivity contribution in [3.63, 3.8) is 0 Å². The van der Waals surface area contributed by atoms with Gasteiger partial charge in [-0.25, -0.2) is 0 Å². The first-order valence-electron chi connectivity index (χ1n) is 10.6. The standard InChI is InChI=1S/C23H31N5O2S/c1-22(2)11-14(12-23(3,4)27-22)28(5)21-26-25-20(31-21)18-16(13-30-6)15-9-7-8-10-17(15)24-19(18)29/h7-10,14,27H,11-13H2,1-6H3,(H,24,29). The topological polar surface area (TPSA) is 83.1 Å². The number of methoxy groups -OCH3 is 1. The van der Waals surface area contributed by atoms with Crippen LogP contribution < -0.4 is 15.8 Å². The van der Waals surface area contributed by atoms with E-state index >= 15 is 0 Å². The first kappa shape index (κ1) is 21.9. The van der Waals surface area contributed by atoms with Crippen molar-refractivity contribution < 1.29 is 4.74 Å². The molecule has 0 atom stereocenters. The molecule has 2 N–H and O–H groups in total. The summed E-state index contributed by atoms with van der Waals surface area (Å²) in [5.74, 6) is 0. The number of rotatable bonds is 5. The van der Waals surface area contributed by atoms with Crippen molar-refractivity contribution in [2.24, 2.45) is 0 Å². The van der Waals surface area contributed by atoms with E-state index in [1.807, 2.05) is 24.3 Å². The average molecular weight is 442 g/mol. The summed E-state index contributed by atoms with van der Waals surface area (Å²) in [5, 5.41) is 15.0. The number of anilines is 1. The average Bonchev–Trinajstić information content (AvgIpc) is 3.14. The van der Waals surface area contributed by atoms with Crippen LogP contribution in [0.25, 0.3) is 21.5 Å². The fraction of sp³-hybridized carbons (Fsp3) is 0.522. The van der Waals surface area contributed by atoms with Crippen molar-refractivity contribution in [2.45, 2.75) is 64.3 Å². The molecule has 0 radical (unpaired) electrons. The molecule has 31 heavy (non-hydrogen) atoms. The zero-order valence-corrected chi connectivity index (χ0v) is 19.9. The van der Waals surface area contributed by atoms with Crippen molar-refractivity contribution in [1.82, 2.24) is 20.5 Å². The van der Waals surface area contributed by atoms with Gasteiger partial charge >= 0.3 is 0 Å². The predicted molar refractivity (Wildman–Crippen MR) is 127 cm³/mol. The van der Waals surface area contributed by atoms with Crippen molar-refractivity contribution in [1.29, 1.82) is 0 Å². The zero-order chi connectivity index (χ0) is 22.4. The van der Waals surface area contributed by atoms with E-state index < -0.39 is 0 Å². The Balaban J connectivity index is 1.72. The maximum Gasteiger partial charge on any atom is 0.259 e. The second-order valence-corrected chi connectivity index (χ2v) is 10.7. The fourth-order valence-corrected chi connectivity index (χ4v) is 5.94. The molecule has 0 unspecified atom stereocenters. The summed E-state index contributed by atoms with van der Waals surface area (Å²) in [5.41, 5.74) is 2.09. The van der Waals surface area contributed by atoms with Gasteiger partial charge in [0.05, 0.1) is 12.2 Å². The van der Waals surface area contributed by atoms with E-state index in [4.69, 9.17) is 4.74 Å². The molecule has 1 aromatic carbocycles. The largest absolute Gasteiger partial charge is 0.380 e. The van der Waals surface area contributed by atoms with Crippen LogP contribution in [0.5, 0.6) is 0 Å². The summed E-state index contributed by atoms with van der Waals surface area (Å²) >= 11 is 1.46. The van der Waals surface area contributed by atoms with Crippen LogP contribution in [0.3, 0.4) is 0 Å². The number of aromatic nitrogens is 3. The van der Waals surface area contributed by atoms with Crippen LogP contribution in [0, 0.1) is 0 Å². The van der Waals surface area contributed by atoms with Crippen LogP contribution in [-0.2, 0) is 11.3 Å². The minimum absolute atomic E-state index is 0.0370. The molecule has 0 spiro atoms. The third-order valence-electron chi connectivity index (χ3n) is 5.96. The number of benzene rings is 1. The zero-order valence-electron chi connectivity index (χ0n) is 19.1. The van der Waals surface area contributed by atoms with E-state index in [9.17, 15) is 4.79 Å². The lowest BCUT2D eigenvalue weighted by Gasteiger charge is -2.48. The molecule has 8 heteroatoms. The van der Waals surface area contributed by atoms with Gasteiger partial charge in [-0.1, -0.05) is 29.5 Å². The molecule has 4 rings (SSSR count). The molecule has 2 aromatic heterocycles. The quantitative estimate of drug-likeness (QED) is 0.624. The van der Waals surface area contributed by atoms with Gasteiger partial charge in [0.25, 0.3) is 5.56 Å². The molecule has 3 aromatic rings. The van der Waals surface area contributed by atoms with Crippen LogP contribution in [0.2, 0.25) is 0 Å². The molecular formula is C23H31N5O2S. The number of hydrogen-bond donors (Lipinski definition) is 2. The summed E-state index contributed by atoms with van der Waals surface area (Å²) in [6.07, 6.45) is 2.01. The number of piperidine rings is 1. The van der Waals surface area contributed by atoms with Gasteiger partial charge in [-0.2, -0.15) is 0 Å². The molecule has 1 saturated heterocycles. The van der Waals surface area contributed by atoms with E-state index in [0.29, 0.717) is 23.2 Å². The number of hydrogen-bond acceptors (Lipinski definition) is 7. The van der Waals surface area contributed by atoms with Crippen LogP contribution in [0.1, 0.15) is 46.1 Å². The first-order chi connectivity index (χ1) is 14.6. The van der Waals surface area contributed by atoms with Crippen LogP contribution in [0.4, 0.5) is 5.13 Å². The van der Waals surface area contributed by atoms with Crippen LogP contribution in [0.15, 0.2) is 29.1 Å². The molecule has 1 aliphatic rings. The minimum Gasteiger partial charge on any atom is -0.380 e. The number of aromatic amines is 1. The van der Waals surface area contributed by atoms with E-state index in [1.54, 1.807) is 7.11 Å².